The molecule has 0 saturated heterocycles. The summed E-state index contributed by atoms with van der Waals surface area (Å²) in [7, 11) is 1.95. The maximum absolute atomic E-state index is 3.09. The lowest BCUT2D eigenvalue weighted by atomic mass is 10.0. The van der Waals surface area contributed by atoms with Gasteiger partial charge in [0.1, 0.15) is 0 Å². The highest BCUT2D eigenvalue weighted by Crippen LogP contribution is 2.14. The molecule has 0 saturated carbocycles. The minimum Gasteiger partial charge on any atom is -0.316 e. The predicted octanol–water partition coefficient (Wildman–Crippen LogP) is 2.54. The van der Waals surface area contributed by atoms with Crippen LogP contribution < -0.4 is 5.32 Å². The Hall–Kier alpha value is -1.08. The Labute approximate surface area is 80.5 Å². The lowest BCUT2D eigenvalue weighted by Gasteiger charge is -2.03. The molecular formula is C12H17N. The van der Waals surface area contributed by atoms with Gasteiger partial charge in [-0.25, -0.2) is 0 Å². The highest BCUT2D eigenvalue weighted by atomic mass is 14.8. The largest absolute Gasteiger partial charge is 0.316 e. The molecular weight excluding hydrogens is 158 g/mol. The Morgan fingerprint density at radius 3 is 2.38 bits per heavy atom. The van der Waals surface area contributed by atoms with Crippen molar-refractivity contribution in [2.45, 2.75) is 13.8 Å². The first kappa shape index (κ1) is 10.0. The monoisotopic (exact) mass is 175 g/mol. The van der Waals surface area contributed by atoms with E-state index in [0.29, 0.717) is 0 Å². The van der Waals surface area contributed by atoms with Gasteiger partial charge in [-0.3, -0.25) is 0 Å². The second-order valence-corrected chi connectivity index (χ2v) is 3.27. The molecule has 0 heterocycles. The van der Waals surface area contributed by atoms with Crippen LogP contribution >= 0.6 is 0 Å². The fourth-order valence-electron chi connectivity index (χ4n) is 1.38. The molecule has 0 aliphatic carbocycles. The zero-order valence-electron chi connectivity index (χ0n) is 8.59. The smallest absolute Gasteiger partial charge is 0.0135 e. The summed E-state index contributed by atoms with van der Waals surface area (Å²) in [4.78, 5) is 0. The van der Waals surface area contributed by atoms with Crippen molar-refractivity contribution in [2.24, 2.45) is 0 Å². The number of aryl methyl sites for hydroxylation is 2. The number of rotatable bonds is 3. The van der Waals surface area contributed by atoms with E-state index < -0.39 is 0 Å². The van der Waals surface area contributed by atoms with Crippen molar-refractivity contribution < 1.29 is 0 Å². The summed E-state index contributed by atoms with van der Waals surface area (Å²) in [6.45, 7) is 5.21. The van der Waals surface area contributed by atoms with Crippen LogP contribution in [-0.2, 0) is 0 Å². The molecule has 0 unspecified atom stereocenters. The van der Waals surface area contributed by atoms with Gasteiger partial charge < -0.3 is 5.32 Å². The van der Waals surface area contributed by atoms with Crippen molar-refractivity contribution in [1.29, 1.82) is 0 Å². The molecule has 13 heavy (non-hydrogen) atoms. The summed E-state index contributed by atoms with van der Waals surface area (Å²) < 4.78 is 0. The number of benzene rings is 1. The molecule has 0 aliphatic rings. The van der Waals surface area contributed by atoms with Crippen molar-refractivity contribution >= 4 is 6.08 Å². The molecule has 1 nitrogen and oxygen atoms in total. The first-order valence-electron chi connectivity index (χ1n) is 4.63. The summed E-state index contributed by atoms with van der Waals surface area (Å²) in [6, 6.07) is 6.39. The van der Waals surface area contributed by atoms with Gasteiger partial charge in [-0.05, 0) is 37.6 Å². The van der Waals surface area contributed by atoms with E-state index in [-0.39, 0.29) is 0 Å². The number of hydrogen-bond donors (Lipinski definition) is 1. The van der Waals surface area contributed by atoms with Crippen LogP contribution in [-0.4, -0.2) is 13.6 Å². The second kappa shape index (κ2) is 4.83. The van der Waals surface area contributed by atoms with E-state index in [2.05, 4.69) is 49.5 Å². The van der Waals surface area contributed by atoms with Gasteiger partial charge in [0.25, 0.3) is 0 Å². The van der Waals surface area contributed by atoms with Gasteiger partial charge in [0, 0.05) is 6.54 Å². The summed E-state index contributed by atoms with van der Waals surface area (Å²) in [5, 5.41) is 3.09. The molecule has 0 atom stereocenters. The first-order chi connectivity index (χ1) is 6.25. The number of likely N-dealkylation sites (N-methyl/N-ethyl adjacent to an activating group) is 1. The number of nitrogens with one attached hydrogen (secondary N) is 1. The van der Waals surface area contributed by atoms with Gasteiger partial charge in [0.05, 0.1) is 0 Å². The maximum Gasteiger partial charge on any atom is 0.0135 e. The molecule has 70 valence electrons. The Morgan fingerprint density at radius 1 is 1.23 bits per heavy atom. The fraction of sp³-hybridized carbons (Fsp3) is 0.333. The minimum absolute atomic E-state index is 0.924. The third-order valence-corrected chi connectivity index (χ3v) is 2.15. The minimum atomic E-state index is 0.924. The Balaban J connectivity index is 2.87. The highest BCUT2D eigenvalue weighted by molar-refractivity contribution is 5.57. The molecule has 1 aromatic rings. The molecule has 0 amide bonds. The lowest BCUT2D eigenvalue weighted by molar-refractivity contribution is 0.922. The topological polar surface area (TPSA) is 12.0 Å². The molecule has 1 heteroatoms. The highest BCUT2D eigenvalue weighted by Gasteiger charge is 1.95. The fourth-order valence-corrected chi connectivity index (χ4v) is 1.38. The van der Waals surface area contributed by atoms with Crippen LogP contribution in [0.2, 0.25) is 0 Å². The molecule has 1 aromatic carbocycles. The van der Waals surface area contributed by atoms with E-state index in [1.54, 1.807) is 0 Å². The summed E-state index contributed by atoms with van der Waals surface area (Å²) in [5.74, 6) is 0. The molecule has 1 N–H and O–H groups in total. The van der Waals surface area contributed by atoms with E-state index in [9.17, 15) is 0 Å². The van der Waals surface area contributed by atoms with E-state index in [1.165, 1.54) is 16.7 Å². The quantitative estimate of drug-likeness (QED) is 0.744. The summed E-state index contributed by atoms with van der Waals surface area (Å²) in [6.07, 6.45) is 4.33. The van der Waals surface area contributed by atoms with Gasteiger partial charge in [-0.15, -0.1) is 0 Å². The molecule has 0 aliphatic heterocycles. The summed E-state index contributed by atoms with van der Waals surface area (Å²) >= 11 is 0. The zero-order valence-corrected chi connectivity index (χ0v) is 8.59. The SMILES string of the molecule is CNC/C=C/c1c(C)cccc1C. The van der Waals surface area contributed by atoms with Gasteiger partial charge in [-0.1, -0.05) is 30.4 Å². The molecule has 1 rings (SSSR count). The van der Waals surface area contributed by atoms with E-state index in [0.717, 1.165) is 6.54 Å². The van der Waals surface area contributed by atoms with Gasteiger partial charge >= 0.3 is 0 Å². The van der Waals surface area contributed by atoms with Crippen LogP contribution in [0.5, 0.6) is 0 Å². The Bertz CT molecular complexity index is 280. The molecule has 0 bridgehead atoms. The Kier molecular flexibility index (Phi) is 3.71. The van der Waals surface area contributed by atoms with Crippen molar-refractivity contribution in [3.8, 4) is 0 Å². The van der Waals surface area contributed by atoms with Crippen LogP contribution in [0.15, 0.2) is 24.3 Å². The molecule has 0 radical (unpaired) electrons. The van der Waals surface area contributed by atoms with Crippen molar-refractivity contribution in [2.75, 3.05) is 13.6 Å². The zero-order chi connectivity index (χ0) is 9.68. The van der Waals surface area contributed by atoms with Gasteiger partial charge in [0.15, 0.2) is 0 Å². The van der Waals surface area contributed by atoms with E-state index in [1.807, 2.05) is 7.05 Å². The number of hydrogen-bond acceptors (Lipinski definition) is 1. The average Bonchev–Trinajstić information content (AvgIpc) is 2.10. The third-order valence-electron chi connectivity index (χ3n) is 2.15. The predicted molar refractivity (Wildman–Crippen MR) is 58.9 cm³/mol. The first-order valence-corrected chi connectivity index (χ1v) is 4.63. The maximum atomic E-state index is 3.09. The van der Waals surface area contributed by atoms with Crippen LogP contribution in [0.1, 0.15) is 16.7 Å². The van der Waals surface area contributed by atoms with Crippen LogP contribution in [0.3, 0.4) is 0 Å². The van der Waals surface area contributed by atoms with E-state index in [4.69, 9.17) is 0 Å². The molecule has 0 spiro atoms. The molecule has 0 aromatic heterocycles. The van der Waals surface area contributed by atoms with E-state index >= 15 is 0 Å². The second-order valence-electron chi connectivity index (χ2n) is 3.27. The average molecular weight is 175 g/mol. The Morgan fingerprint density at radius 2 is 1.85 bits per heavy atom. The third kappa shape index (κ3) is 2.71. The standard InChI is InChI=1S/C12H17N/c1-10-6-4-7-11(2)12(10)8-5-9-13-3/h4-8,13H,9H2,1-3H3/b8-5+. The lowest BCUT2D eigenvalue weighted by Crippen LogP contribution is -2.03. The normalized spacial score (nSPS) is 11.0. The molecule has 0 fully saturated rings. The van der Waals surface area contributed by atoms with Crippen molar-refractivity contribution in [3.63, 3.8) is 0 Å². The van der Waals surface area contributed by atoms with Crippen LogP contribution in [0.4, 0.5) is 0 Å². The van der Waals surface area contributed by atoms with Crippen LogP contribution in [0.25, 0.3) is 6.08 Å². The summed E-state index contributed by atoms with van der Waals surface area (Å²) in [5.41, 5.74) is 4.03. The van der Waals surface area contributed by atoms with Crippen molar-refractivity contribution in [3.05, 3.63) is 41.0 Å². The van der Waals surface area contributed by atoms with Gasteiger partial charge in [-0.2, -0.15) is 0 Å². The van der Waals surface area contributed by atoms with Gasteiger partial charge in [0.2, 0.25) is 0 Å². The van der Waals surface area contributed by atoms with Crippen molar-refractivity contribution in [1.82, 2.24) is 5.32 Å². The van der Waals surface area contributed by atoms with Crippen LogP contribution in [0, 0.1) is 13.8 Å².